The van der Waals surface area contributed by atoms with Gasteiger partial charge in [0.2, 0.25) is 0 Å². The highest BCUT2D eigenvalue weighted by Gasteiger charge is 2.21. The number of rotatable bonds is 8. The molecule has 1 aliphatic rings. The molecule has 0 bridgehead atoms. The minimum Gasteiger partial charge on any atom is -0.314 e. The molecule has 0 unspecified atom stereocenters. The molecule has 1 saturated carbocycles. The zero-order valence-corrected chi connectivity index (χ0v) is 12.8. The molecule has 6 nitrogen and oxygen atoms in total. The lowest BCUT2D eigenvalue weighted by molar-refractivity contribution is 0.458. The van der Waals surface area contributed by atoms with Crippen molar-refractivity contribution in [2.24, 2.45) is 0 Å². The van der Waals surface area contributed by atoms with Crippen molar-refractivity contribution in [3.05, 3.63) is 24.0 Å². The van der Waals surface area contributed by atoms with E-state index in [-0.39, 0.29) is 0 Å². The third-order valence-electron chi connectivity index (χ3n) is 3.23. The van der Waals surface area contributed by atoms with Gasteiger partial charge in [0.15, 0.2) is 0 Å². The van der Waals surface area contributed by atoms with Gasteiger partial charge in [0.25, 0.3) is 0 Å². The van der Waals surface area contributed by atoms with Crippen LogP contribution in [0.3, 0.4) is 0 Å². The number of aromatic nitrogens is 1. The predicted octanol–water partition coefficient (Wildman–Crippen LogP) is 1.12. The van der Waals surface area contributed by atoms with E-state index in [0.29, 0.717) is 18.3 Å². The SMILES string of the molecule is Cc1ccc(NS(=O)(=O)N(C)CCCNC2CC2)cn1. The van der Waals surface area contributed by atoms with Crippen molar-refractivity contribution >= 4 is 15.9 Å². The van der Waals surface area contributed by atoms with E-state index >= 15 is 0 Å². The van der Waals surface area contributed by atoms with Crippen LogP contribution in [0, 0.1) is 6.92 Å². The van der Waals surface area contributed by atoms with E-state index in [0.717, 1.165) is 18.7 Å². The molecule has 2 N–H and O–H groups in total. The molecule has 1 fully saturated rings. The predicted molar refractivity (Wildman–Crippen MR) is 79.8 cm³/mol. The average molecular weight is 298 g/mol. The van der Waals surface area contributed by atoms with Crippen molar-refractivity contribution in [1.82, 2.24) is 14.6 Å². The van der Waals surface area contributed by atoms with Gasteiger partial charge in [-0.25, -0.2) is 0 Å². The first kappa shape index (κ1) is 15.2. The molecule has 112 valence electrons. The van der Waals surface area contributed by atoms with Crippen molar-refractivity contribution in [2.75, 3.05) is 24.9 Å². The Kier molecular flexibility index (Phi) is 4.95. The highest BCUT2D eigenvalue weighted by atomic mass is 32.2. The summed E-state index contributed by atoms with van der Waals surface area (Å²) in [5.74, 6) is 0. The summed E-state index contributed by atoms with van der Waals surface area (Å²) in [7, 11) is -1.91. The fourth-order valence-electron chi connectivity index (χ4n) is 1.77. The quantitative estimate of drug-likeness (QED) is 0.705. The first-order valence-electron chi connectivity index (χ1n) is 6.87. The molecule has 1 aromatic rings. The Balaban J connectivity index is 1.79. The standard InChI is InChI=1S/C13H22N4O2S/c1-11-4-5-13(10-15-11)16-20(18,19)17(2)9-3-8-14-12-6-7-12/h4-5,10,12,14,16H,3,6-9H2,1-2H3. The second-order valence-corrected chi connectivity index (χ2v) is 6.98. The molecule has 0 saturated heterocycles. The van der Waals surface area contributed by atoms with E-state index in [4.69, 9.17) is 0 Å². The van der Waals surface area contributed by atoms with Crippen LogP contribution >= 0.6 is 0 Å². The number of nitrogens with zero attached hydrogens (tertiary/aromatic N) is 2. The lowest BCUT2D eigenvalue weighted by Crippen LogP contribution is -2.34. The Labute approximate surface area is 120 Å². The topological polar surface area (TPSA) is 74.3 Å². The summed E-state index contributed by atoms with van der Waals surface area (Å²) in [5.41, 5.74) is 1.34. The van der Waals surface area contributed by atoms with Crippen molar-refractivity contribution in [3.63, 3.8) is 0 Å². The summed E-state index contributed by atoms with van der Waals surface area (Å²) in [6.45, 7) is 3.21. The lowest BCUT2D eigenvalue weighted by Gasteiger charge is -2.18. The van der Waals surface area contributed by atoms with Crippen LogP contribution in [-0.2, 0) is 10.2 Å². The van der Waals surface area contributed by atoms with E-state index in [1.807, 2.05) is 6.92 Å². The highest BCUT2D eigenvalue weighted by molar-refractivity contribution is 7.90. The van der Waals surface area contributed by atoms with Gasteiger partial charge in [0.05, 0.1) is 11.9 Å². The smallest absolute Gasteiger partial charge is 0.301 e. The van der Waals surface area contributed by atoms with Gasteiger partial charge < -0.3 is 5.32 Å². The fraction of sp³-hybridized carbons (Fsp3) is 0.615. The van der Waals surface area contributed by atoms with E-state index < -0.39 is 10.2 Å². The number of hydrogen-bond acceptors (Lipinski definition) is 4. The van der Waals surface area contributed by atoms with Gasteiger partial charge >= 0.3 is 10.2 Å². The molecule has 2 rings (SSSR count). The van der Waals surface area contributed by atoms with E-state index in [2.05, 4.69) is 15.0 Å². The van der Waals surface area contributed by atoms with Crippen molar-refractivity contribution in [2.45, 2.75) is 32.2 Å². The summed E-state index contributed by atoms with van der Waals surface area (Å²) < 4.78 is 28.0. The molecule has 0 spiro atoms. The number of aryl methyl sites for hydroxylation is 1. The van der Waals surface area contributed by atoms with Crippen molar-refractivity contribution in [1.29, 1.82) is 0 Å². The van der Waals surface area contributed by atoms with Crippen molar-refractivity contribution < 1.29 is 8.42 Å². The molecule has 0 aliphatic heterocycles. The molecular formula is C13H22N4O2S. The highest BCUT2D eigenvalue weighted by Crippen LogP contribution is 2.18. The molecule has 1 heterocycles. The van der Waals surface area contributed by atoms with Crippen LogP contribution in [-0.4, -0.2) is 43.9 Å². The molecule has 1 aliphatic carbocycles. The third-order valence-corrected chi connectivity index (χ3v) is 4.73. The van der Waals surface area contributed by atoms with E-state index in [9.17, 15) is 8.42 Å². The lowest BCUT2D eigenvalue weighted by atomic mass is 10.4. The molecule has 7 heteroatoms. The van der Waals surface area contributed by atoms with Gasteiger partial charge in [-0.3, -0.25) is 9.71 Å². The van der Waals surface area contributed by atoms with Crippen LogP contribution in [0.15, 0.2) is 18.3 Å². The average Bonchev–Trinajstić information content (AvgIpc) is 3.21. The molecular weight excluding hydrogens is 276 g/mol. The zero-order valence-electron chi connectivity index (χ0n) is 12.0. The number of hydrogen-bond donors (Lipinski definition) is 2. The second kappa shape index (κ2) is 6.51. The molecule has 0 atom stereocenters. The number of nitrogens with one attached hydrogen (secondary N) is 2. The maximum absolute atomic E-state index is 12.1. The Morgan fingerprint density at radius 2 is 2.15 bits per heavy atom. The van der Waals surface area contributed by atoms with Crippen molar-refractivity contribution in [3.8, 4) is 0 Å². The van der Waals surface area contributed by atoms with Crippen LogP contribution in [0.1, 0.15) is 25.0 Å². The minimum atomic E-state index is -3.50. The maximum Gasteiger partial charge on any atom is 0.301 e. The molecule has 0 amide bonds. The van der Waals surface area contributed by atoms with Crippen LogP contribution in [0.25, 0.3) is 0 Å². The molecule has 0 aromatic carbocycles. The molecule has 20 heavy (non-hydrogen) atoms. The van der Waals surface area contributed by atoms with E-state index in [1.165, 1.54) is 23.3 Å². The Morgan fingerprint density at radius 3 is 2.75 bits per heavy atom. The summed E-state index contributed by atoms with van der Waals surface area (Å²) in [6, 6.07) is 4.15. The Bertz CT molecular complexity index is 526. The van der Waals surface area contributed by atoms with Crippen LogP contribution in [0.5, 0.6) is 0 Å². The largest absolute Gasteiger partial charge is 0.314 e. The summed E-state index contributed by atoms with van der Waals surface area (Å²) >= 11 is 0. The van der Waals surface area contributed by atoms with Gasteiger partial charge in [-0.05, 0) is 44.9 Å². The second-order valence-electron chi connectivity index (χ2n) is 5.20. The van der Waals surface area contributed by atoms with Crippen LogP contribution < -0.4 is 10.0 Å². The first-order valence-corrected chi connectivity index (χ1v) is 8.31. The zero-order chi connectivity index (χ0) is 14.6. The maximum atomic E-state index is 12.1. The van der Waals surface area contributed by atoms with Gasteiger partial charge in [0, 0.05) is 25.3 Å². The summed E-state index contributed by atoms with van der Waals surface area (Å²) in [5, 5.41) is 3.37. The molecule has 1 aromatic heterocycles. The first-order chi connectivity index (χ1) is 9.47. The van der Waals surface area contributed by atoms with Gasteiger partial charge in [-0.2, -0.15) is 12.7 Å². The minimum absolute atomic E-state index is 0.485. The fourth-order valence-corrected chi connectivity index (χ4v) is 2.71. The normalized spacial score (nSPS) is 15.6. The number of pyridine rings is 1. The summed E-state index contributed by atoms with van der Waals surface area (Å²) in [4.78, 5) is 4.07. The Morgan fingerprint density at radius 1 is 1.40 bits per heavy atom. The summed E-state index contributed by atoms with van der Waals surface area (Å²) in [6.07, 6.45) is 4.82. The number of anilines is 1. The third kappa shape index (κ3) is 4.73. The van der Waals surface area contributed by atoms with Gasteiger partial charge in [-0.15, -0.1) is 0 Å². The van der Waals surface area contributed by atoms with Crippen LogP contribution in [0.2, 0.25) is 0 Å². The van der Waals surface area contributed by atoms with Crippen LogP contribution in [0.4, 0.5) is 5.69 Å². The van der Waals surface area contributed by atoms with E-state index in [1.54, 1.807) is 19.2 Å². The monoisotopic (exact) mass is 298 g/mol. The van der Waals surface area contributed by atoms with Gasteiger partial charge in [0.1, 0.15) is 0 Å². The molecule has 0 radical (unpaired) electrons. The Hall–Kier alpha value is -1.18. The van der Waals surface area contributed by atoms with Gasteiger partial charge in [-0.1, -0.05) is 0 Å².